The van der Waals surface area contributed by atoms with Crippen LogP contribution in [0.25, 0.3) is 0 Å². The van der Waals surface area contributed by atoms with Gasteiger partial charge in [-0.05, 0) is 42.3 Å². The van der Waals surface area contributed by atoms with Gasteiger partial charge in [-0.3, -0.25) is 0 Å². The molecule has 0 saturated heterocycles. The molecule has 0 radical (unpaired) electrons. The molecule has 0 fully saturated rings. The summed E-state index contributed by atoms with van der Waals surface area (Å²) in [6.07, 6.45) is 2.26. The van der Waals surface area contributed by atoms with Gasteiger partial charge in [0.05, 0.1) is 16.9 Å². The van der Waals surface area contributed by atoms with E-state index in [2.05, 4.69) is 15.5 Å². The molecule has 5 nitrogen and oxygen atoms in total. The number of hydrogen-bond acceptors (Lipinski definition) is 5. The highest BCUT2D eigenvalue weighted by Crippen LogP contribution is 2.30. The van der Waals surface area contributed by atoms with Crippen molar-refractivity contribution in [1.82, 2.24) is 10.2 Å². The van der Waals surface area contributed by atoms with Crippen molar-refractivity contribution in [3.63, 3.8) is 0 Å². The molecule has 0 aliphatic carbocycles. The van der Waals surface area contributed by atoms with Crippen molar-refractivity contribution in [3.05, 3.63) is 70.6 Å². The molecule has 2 aromatic carbocycles. The van der Waals surface area contributed by atoms with Crippen LogP contribution in [0.1, 0.15) is 18.1 Å². The van der Waals surface area contributed by atoms with E-state index >= 15 is 0 Å². The van der Waals surface area contributed by atoms with Crippen molar-refractivity contribution in [2.45, 2.75) is 20.0 Å². The van der Waals surface area contributed by atoms with Crippen molar-refractivity contribution in [1.29, 1.82) is 0 Å². The van der Waals surface area contributed by atoms with E-state index in [0.717, 1.165) is 23.2 Å². The summed E-state index contributed by atoms with van der Waals surface area (Å²) in [4.78, 5) is 0. The van der Waals surface area contributed by atoms with E-state index in [1.807, 2.05) is 13.0 Å². The molecule has 0 aliphatic rings. The van der Waals surface area contributed by atoms with Gasteiger partial charge in [-0.2, -0.15) is 5.10 Å². The molecule has 0 amide bonds. The lowest BCUT2D eigenvalue weighted by Gasteiger charge is -2.13. The fourth-order valence-electron chi connectivity index (χ4n) is 2.52. The summed E-state index contributed by atoms with van der Waals surface area (Å²) < 4.78 is 18.9. The molecule has 3 aromatic rings. The van der Waals surface area contributed by atoms with Crippen LogP contribution >= 0.6 is 11.6 Å². The van der Waals surface area contributed by atoms with Crippen LogP contribution in [0.4, 0.5) is 21.6 Å². The van der Waals surface area contributed by atoms with Crippen molar-refractivity contribution in [3.8, 4) is 5.75 Å². The summed E-state index contributed by atoms with van der Waals surface area (Å²) in [5.41, 5.74) is 8.88. The second-order valence-corrected chi connectivity index (χ2v) is 6.08. The van der Waals surface area contributed by atoms with Crippen LogP contribution in [0.3, 0.4) is 0 Å². The van der Waals surface area contributed by atoms with E-state index < -0.39 is 0 Å². The van der Waals surface area contributed by atoms with Crippen LogP contribution < -0.4 is 15.8 Å². The van der Waals surface area contributed by atoms with Gasteiger partial charge in [-0.25, -0.2) is 4.39 Å². The predicted molar refractivity (Wildman–Crippen MR) is 101 cm³/mol. The molecule has 0 atom stereocenters. The smallest absolute Gasteiger partial charge is 0.158 e. The van der Waals surface area contributed by atoms with Gasteiger partial charge < -0.3 is 15.8 Å². The fraction of sp³-hybridized carbons (Fsp3) is 0.158. The third-order valence-corrected chi connectivity index (χ3v) is 4.12. The molecule has 7 heteroatoms. The number of nitrogens with two attached hydrogens (primary N) is 1. The SMILES string of the molecule is CCc1c(N)cnnc1Nc1ccc(OCc2cccc(F)c2)c(Cl)c1. The highest BCUT2D eigenvalue weighted by Gasteiger charge is 2.09. The maximum atomic E-state index is 13.2. The Hall–Kier alpha value is -2.86. The van der Waals surface area contributed by atoms with Crippen LogP contribution in [0.5, 0.6) is 5.75 Å². The number of anilines is 3. The zero-order valence-corrected chi connectivity index (χ0v) is 14.9. The number of ether oxygens (including phenoxy) is 1. The summed E-state index contributed by atoms with van der Waals surface area (Å²) in [6.45, 7) is 2.22. The number of nitrogens with zero attached hydrogens (tertiary/aromatic N) is 2. The van der Waals surface area contributed by atoms with Gasteiger partial charge >= 0.3 is 0 Å². The highest BCUT2D eigenvalue weighted by atomic mass is 35.5. The van der Waals surface area contributed by atoms with Gasteiger partial charge in [0.1, 0.15) is 18.2 Å². The quantitative estimate of drug-likeness (QED) is 0.654. The van der Waals surface area contributed by atoms with Gasteiger partial charge in [0.25, 0.3) is 0 Å². The largest absolute Gasteiger partial charge is 0.487 e. The van der Waals surface area contributed by atoms with Gasteiger partial charge in [0.15, 0.2) is 5.82 Å². The predicted octanol–water partition coefficient (Wildman–Crippen LogP) is 4.74. The molecule has 3 rings (SSSR count). The molecule has 134 valence electrons. The first-order valence-electron chi connectivity index (χ1n) is 8.10. The molecule has 0 saturated carbocycles. The second-order valence-electron chi connectivity index (χ2n) is 5.67. The average Bonchev–Trinajstić information content (AvgIpc) is 2.61. The molecular formula is C19H18ClFN4O. The molecule has 0 spiro atoms. The van der Waals surface area contributed by atoms with Crippen LogP contribution in [-0.2, 0) is 13.0 Å². The van der Waals surface area contributed by atoms with Crippen LogP contribution in [0.2, 0.25) is 5.02 Å². The Morgan fingerprint density at radius 2 is 2.08 bits per heavy atom. The number of rotatable bonds is 6. The number of nitrogens with one attached hydrogen (secondary N) is 1. The van der Waals surface area contributed by atoms with E-state index in [9.17, 15) is 4.39 Å². The van der Waals surface area contributed by atoms with Gasteiger partial charge in [-0.15, -0.1) is 5.10 Å². The Morgan fingerprint density at radius 1 is 1.23 bits per heavy atom. The first kappa shape index (κ1) is 17.9. The summed E-state index contributed by atoms with van der Waals surface area (Å²) in [5.74, 6) is 0.805. The van der Waals surface area contributed by atoms with Crippen molar-refractivity contribution < 1.29 is 9.13 Å². The average molecular weight is 373 g/mol. The molecule has 26 heavy (non-hydrogen) atoms. The minimum absolute atomic E-state index is 0.227. The molecule has 0 unspecified atom stereocenters. The Bertz CT molecular complexity index is 920. The van der Waals surface area contributed by atoms with E-state index in [-0.39, 0.29) is 12.4 Å². The summed E-state index contributed by atoms with van der Waals surface area (Å²) in [7, 11) is 0. The maximum absolute atomic E-state index is 13.2. The third kappa shape index (κ3) is 4.21. The Balaban J connectivity index is 1.72. The zero-order chi connectivity index (χ0) is 18.5. The molecule has 0 bridgehead atoms. The second kappa shape index (κ2) is 8.01. The minimum Gasteiger partial charge on any atom is -0.487 e. The van der Waals surface area contributed by atoms with Gasteiger partial charge in [0, 0.05) is 11.3 Å². The maximum Gasteiger partial charge on any atom is 0.158 e. The van der Waals surface area contributed by atoms with Crippen molar-refractivity contribution in [2.24, 2.45) is 0 Å². The van der Waals surface area contributed by atoms with Crippen molar-refractivity contribution >= 4 is 28.8 Å². The van der Waals surface area contributed by atoms with E-state index in [1.165, 1.54) is 18.3 Å². The summed E-state index contributed by atoms with van der Waals surface area (Å²) in [6, 6.07) is 11.5. The number of hydrogen-bond donors (Lipinski definition) is 2. The van der Waals surface area contributed by atoms with Gasteiger partial charge in [-0.1, -0.05) is 30.7 Å². The van der Waals surface area contributed by atoms with E-state index in [1.54, 1.807) is 24.3 Å². The Morgan fingerprint density at radius 3 is 2.81 bits per heavy atom. The highest BCUT2D eigenvalue weighted by molar-refractivity contribution is 6.32. The number of nitrogen functional groups attached to an aromatic ring is 1. The standard InChI is InChI=1S/C19H18ClFN4O/c1-2-15-17(22)10-23-25-19(15)24-14-6-7-18(16(20)9-14)26-11-12-4-3-5-13(21)8-12/h3-10H,2,11H2,1H3,(H3,22,24,25). The molecule has 1 heterocycles. The lowest BCUT2D eigenvalue weighted by Crippen LogP contribution is -2.04. The number of benzene rings is 2. The summed E-state index contributed by atoms with van der Waals surface area (Å²) in [5, 5.41) is 11.6. The molecule has 3 N–H and O–H groups in total. The first-order valence-corrected chi connectivity index (χ1v) is 8.48. The third-order valence-electron chi connectivity index (χ3n) is 3.82. The van der Waals surface area contributed by atoms with E-state index in [4.69, 9.17) is 22.1 Å². The molecular weight excluding hydrogens is 355 g/mol. The minimum atomic E-state index is -0.299. The fourth-order valence-corrected chi connectivity index (χ4v) is 2.75. The Kier molecular flexibility index (Phi) is 5.53. The first-order chi connectivity index (χ1) is 12.6. The number of aromatic nitrogens is 2. The monoisotopic (exact) mass is 372 g/mol. The molecule has 0 aliphatic heterocycles. The topological polar surface area (TPSA) is 73.1 Å². The normalized spacial score (nSPS) is 10.6. The van der Waals surface area contributed by atoms with Crippen LogP contribution in [0, 0.1) is 5.82 Å². The molecule has 1 aromatic heterocycles. The lowest BCUT2D eigenvalue weighted by atomic mass is 10.2. The van der Waals surface area contributed by atoms with Crippen LogP contribution in [-0.4, -0.2) is 10.2 Å². The Labute approximate surface area is 156 Å². The van der Waals surface area contributed by atoms with Crippen molar-refractivity contribution in [2.75, 3.05) is 11.1 Å². The summed E-state index contributed by atoms with van der Waals surface area (Å²) >= 11 is 6.30. The van der Waals surface area contributed by atoms with Gasteiger partial charge in [0.2, 0.25) is 0 Å². The zero-order valence-electron chi connectivity index (χ0n) is 14.2. The van der Waals surface area contributed by atoms with E-state index in [0.29, 0.717) is 22.3 Å². The van der Waals surface area contributed by atoms with Crippen LogP contribution in [0.15, 0.2) is 48.7 Å². The lowest BCUT2D eigenvalue weighted by molar-refractivity contribution is 0.306. The number of halogens is 2.